The summed E-state index contributed by atoms with van der Waals surface area (Å²) in [5.74, 6) is -0.473. The number of anilines is 1. The van der Waals surface area contributed by atoms with Gasteiger partial charge < -0.3 is 9.73 Å². The highest BCUT2D eigenvalue weighted by molar-refractivity contribution is 6.34. The van der Waals surface area contributed by atoms with Gasteiger partial charge in [-0.05, 0) is 24.3 Å². The molecule has 11 heteroatoms. The van der Waals surface area contributed by atoms with E-state index < -0.39 is 15.8 Å². The Morgan fingerprint density at radius 2 is 1.50 bits per heavy atom. The fourth-order valence-corrected chi connectivity index (χ4v) is 2.81. The maximum Gasteiger partial charge on any atom is 0.291 e. The summed E-state index contributed by atoms with van der Waals surface area (Å²) < 4.78 is 5.47. The Labute approximate surface area is 166 Å². The van der Waals surface area contributed by atoms with Crippen LogP contribution >= 0.6 is 23.2 Å². The molecule has 0 radical (unpaired) electrons. The molecule has 2 aromatic carbocycles. The summed E-state index contributed by atoms with van der Waals surface area (Å²) in [6.07, 6.45) is 0. The topological polar surface area (TPSA) is 129 Å². The molecule has 0 fully saturated rings. The molecule has 1 aromatic heterocycles. The van der Waals surface area contributed by atoms with E-state index in [-0.39, 0.29) is 38.6 Å². The summed E-state index contributed by atoms with van der Waals surface area (Å²) in [4.78, 5) is 32.7. The second-order valence-electron chi connectivity index (χ2n) is 5.46. The molecule has 0 unspecified atom stereocenters. The van der Waals surface area contributed by atoms with E-state index in [2.05, 4.69) is 5.32 Å². The summed E-state index contributed by atoms with van der Waals surface area (Å²) in [6, 6.07) is 10.3. The average molecular weight is 422 g/mol. The molecule has 0 aliphatic carbocycles. The first-order valence-corrected chi connectivity index (χ1v) is 8.31. The predicted molar refractivity (Wildman–Crippen MR) is 102 cm³/mol. The molecule has 142 valence electrons. The molecular formula is C17H9Cl2N3O6. The zero-order valence-electron chi connectivity index (χ0n) is 13.7. The van der Waals surface area contributed by atoms with Crippen molar-refractivity contribution < 1.29 is 19.1 Å². The maximum absolute atomic E-state index is 12.3. The van der Waals surface area contributed by atoms with Crippen LogP contribution in [0.1, 0.15) is 10.6 Å². The van der Waals surface area contributed by atoms with Crippen molar-refractivity contribution >= 4 is 46.2 Å². The Morgan fingerprint density at radius 1 is 0.893 bits per heavy atom. The summed E-state index contributed by atoms with van der Waals surface area (Å²) in [7, 11) is 0. The van der Waals surface area contributed by atoms with Gasteiger partial charge in [-0.2, -0.15) is 0 Å². The lowest BCUT2D eigenvalue weighted by Crippen LogP contribution is -2.11. The summed E-state index contributed by atoms with van der Waals surface area (Å²) >= 11 is 12.0. The van der Waals surface area contributed by atoms with Gasteiger partial charge in [0.25, 0.3) is 17.3 Å². The molecular weight excluding hydrogens is 413 g/mol. The van der Waals surface area contributed by atoms with E-state index in [1.807, 2.05) is 0 Å². The van der Waals surface area contributed by atoms with Crippen LogP contribution in [0.4, 0.5) is 17.1 Å². The molecule has 28 heavy (non-hydrogen) atoms. The van der Waals surface area contributed by atoms with Gasteiger partial charge in [-0.25, -0.2) is 0 Å². The van der Waals surface area contributed by atoms with Crippen molar-refractivity contribution in [2.45, 2.75) is 0 Å². The lowest BCUT2D eigenvalue weighted by Gasteiger charge is -2.05. The first-order chi connectivity index (χ1) is 13.3. The van der Waals surface area contributed by atoms with Crippen LogP contribution < -0.4 is 5.32 Å². The van der Waals surface area contributed by atoms with Crippen LogP contribution in [0.3, 0.4) is 0 Å². The van der Waals surface area contributed by atoms with E-state index in [1.54, 1.807) is 0 Å². The Kier molecular flexibility index (Phi) is 5.30. The molecule has 0 atom stereocenters. The number of nitro groups is 2. The van der Waals surface area contributed by atoms with E-state index in [0.717, 1.165) is 6.07 Å². The van der Waals surface area contributed by atoms with Crippen LogP contribution in [0.15, 0.2) is 52.9 Å². The highest BCUT2D eigenvalue weighted by atomic mass is 35.5. The fourth-order valence-electron chi connectivity index (χ4n) is 2.32. The number of carbonyl (C=O) groups is 1. The number of carbonyl (C=O) groups excluding carboxylic acids is 1. The molecule has 3 aromatic rings. The number of amides is 1. The van der Waals surface area contributed by atoms with Crippen molar-refractivity contribution in [2.24, 2.45) is 0 Å². The zero-order valence-corrected chi connectivity index (χ0v) is 15.2. The third-order valence-electron chi connectivity index (χ3n) is 3.67. The first kappa shape index (κ1) is 19.3. The number of hydrogen-bond donors (Lipinski definition) is 1. The van der Waals surface area contributed by atoms with Crippen molar-refractivity contribution in [3.8, 4) is 11.3 Å². The number of nitro benzene ring substituents is 2. The van der Waals surface area contributed by atoms with E-state index in [0.29, 0.717) is 5.56 Å². The van der Waals surface area contributed by atoms with Crippen LogP contribution in [-0.4, -0.2) is 15.8 Å². The standard InChI is InChI=1S/C17H9Cl2N3O6/c18-12-7-9(21(24)25)1-3-11(12)15-5-6-16(28-15)17(23)20-14-4-2-10(22(26)27)8-13(14)19/h1-8H,(H,20,23). The number of hydrogen-bond acceptors (Lipinski definition) is 6. The van der Waals surface area contributed by atoms with Gasteiger partial charge in [0.05, 0.1) is 25.6 Å². The normalized spacial score (nSPS) is 10.5. The van der Waals surface area contributed by atoms with Gasteiger partial charge in [-0.15, -0.1) is 0 Å². The van der Waals surface area contributed by atoms with E-state index in [9.17, 15) is 25.0 Å². The quantitative estimate of drug-likeness (QED) is 0.438. The van der Waals surface area contributed by atoms with E-state index in [1.165, 1.54) is 42.5 Å². The van der Waals surface area contributed by atoms with Gasteiger partial charge >= 0.3 is 0 Å². The van der Waals surface area contributed by atoms with Crippen LogP contribution in [0.2, 0.25) is 10.0 Å². The first-order valence-electron chi connectivity index (χ1n) is 7.55. The van der Waals surface area contributed by atoms with Crippen molar-refractivity contribution in [2.75, 3.05) is 5.32 Å². The third-order valence-corrected chi connectivity index (χ3v) is 4.30. The molecule has 0 spiro atoms. The van der Waals surface area contributed by atoms with Gasteiger partial charge in [0.1, 0.15) is 5.76 Å². The largest absolute Gasteiger partial charge is 0.451 e. The molecule has 3 rings (SSSR count). The minimum absolute atomic E-state index is 0.00672. The maximum atomic E-state index is 12.3. The van der Waals surface area contributed by atoms with Crippen molar-refractivity contribution in [1.82, 2.24) is 0 Å². The summed E-state index contributed by atoms with van der Waals surface area (Å²) in [6.45, 7) is 0. The van der Waals surface area contributed by atoms with Crippen molar-refractivity contribution in [3.05, 3.63) is 84.6 Å². The number of non-ortho nitro benzene ring substituents is 2. The van der Waals surface area contributed by atoms with Gasteiger partial charge in [0, 0.05) is 29.8 Å². The van der Waals surface area contributed by atoms with Gasteiger partial charge in [-0.3, -0.25) is 25.0 Å². The molecule has 1 amide bonds. The average Bonchev–Trinajstić information content (AvgIpc) is 3.13. The van der Waals surface area contributed by atoms with Gasteiger partial charge in [-0.1, -0.05) is 23.2 Å². The van der Waals surface area contributed by atoms with Gasteiger partial charge in [0.2, 0.25) is 0 Å². The molecule has 0 aliphatic rings. The molecule has 0 saturated heterocycles. The Morgan fingerprint density at radius 3 is 2.07 bits per heavy atom. The SMILES string of the molecule is O=C(Nc1ccc([N+](=O)[O-])cc1Cl)c1ccc(-c2ccc([N+](=O)[O-])cc2Cl)o1. The lowest BCUT2D eigenvalue weighted by atomic mass is 10.1. The molecule has 0 aliphatic heterocycles. The third kappa shape index (κ3) is 3.95. The molecule has 1 heterocycles. The monoisotopic (exact) mass is 421 g/mol. The highest BCUT2D eigenvalue weighted by Gasteiger charge is 2.18. The Balaban J connectivity index is 1.81. The number of nitrogens with one attached hydrogen (secondary N) is 1. The minimum Gasteiger partial charge on any atom is -0.451 e. The Hall–Kier alpha value is -3.43. The number of benzene rings is 2. The fraction of sp³-hybridized carbons (Fsp3) is 0. The van der Waals surface area contributed by atoms with E-state index >= 15 is 0 Å². The van der Waals surface area contributed by atoms with Crippen LogP contribution in [-0.2, 0) is 0 Å². The summed E-state index contributed by atoms with van der Waals surface area (Å²) in [5, 5.41) is 24.1. The second-order valence-corrected chi connectivity index (χ2v) is 6.27. The van der Waals surface area contributed by atoms with Crippen molar-refractivity contribution in [1.29, 1.82) is 0 Å². The smallest absolute Gasteiger partial charge is 0.291 e. The van der Waals surface area contributed by atoms with Crippen molar-refractivity contribution in [3.63, 3.8) is 0 Å². The van der Waals surface area contributed by atoms with Gasteiger partial charge in [0.15, 0.2) is 5.76 Å². The highest BCUT2D eigenvalue weighted by Crippen LogP contribution is 2.33. The molecule has 1 N–H and O–H groups in total. The number of furan rings is 1. The van der Waals surface area contributed by atoms with Crippen LogP contribution in [0, 0.1) is 20.2 Å². The predicted octanol–water partition coefficient (Wildman–Crippen LogP) is 5.32. The molecule has 9 nitrogen and oxygen atoms in total. The van der Waals surface area contributed by atoms with Crippen LogP contribution in [0.25, 0.3) is 11.3 Å². The van der Waals surface area contributed by atoms with Crippen LogP contribution in [0.5, 0.6) is 0 Å². The molecule has 0 bridgehead atoms. The number of rotatable bonds is 5. The van der Waals surface area contributed by atoms with E-state index in [4.69, 9.17) is 27.6 Å². The zero-order chi connectivity index (χ0) is 20.4. The Bertz CT molecular complexity index is 1110. The second kappa shape index (κ2) is 7.67. The molecule has 0 saturated carbocycles. The number of halogens is 2. The summed E-state index contributed by atoms with van der Waals surface area (Å²) in [5.41, 5.74) is 0.158. The minimum atomic E-state index is -0.639. The lowest BCUT2D eigenvalue weighted by molar-refractivity contribution is -0.385. The number of nitrogens with zero attached hydrogens (tertiary/aromatic N) is 2.